The molecule has 0 saturated heterocycles. The van der Waals surface area contributed by atoms with Gasteiger partial charge >= 0.3 is 5.97 Å². The van der Waals surface area contributed by atoms with Crippen LogP contribution >= 0.6 is 0 Å². The van der Waals surface area contributed by atoms with E-state index in [4.69, 9.17) is 4.74 Å². The van der Waals surface area contributed by atoms with E-state index >= 15 is 0 Å². The van der Waals surface area contributed by atoms with E-state index in [1.807, 2.05) is 6.92 Å². The van der Waals surface area contributed by atoms with E-state index in [0.717, 1.165) is 0 Å². The third kappa shape index (κ3) is 5.86. The van der Waals surface area contributed by atoms with Gasteiger partial charge in [-0.2, -0.15) is 0 Å². The van der Waals surface area contributed by atoms with Gasteiger partial charge in [0.1, 0.15) is 0 Å². The van der Waals surface area contributed by atoms with Crippen molar-refractivity contribution >= 4 is 12.4 Å². The molecular formula is C8H13NO4. The first-order chi connectivity index (χ1) is 6.24. The van der Waals surface area contributed by atoms with Gasteiger partial charge in [-0.25, -0.2) is 4.79 Å². The third-order valence-electron chi connectivity index (χ3n) is 1.20. The number of methoxy groups -OCH3 is 1. The van der Waals surface area contributed by atoms with Crippen molar-refractivity contribution in [2.45, 2.75) is 6.92 Å². The smallest absolute Gasteiger partial charge is 0.332 e. The Hall–Kier alpha value is -1.36. The van der Waals surface area contributed by atoms with E-state index in [2.05, 4.69) is 10.1 Å². The second-order valence-electron chi connectivity index (χ2n) is 2.09. The normalized spacial score (nSPS) is 10.8. The minimum absolute atomic E-state index is 0.185. The zero-order valence-corrected chi connectivity index (χ0v) is 7.70. The lowest BCUT2D eigenvalue weighted by molar-refractivity contribution is -0.134. The lowest BCUT2D eigenvalue weighted by Gasteiger charge is -2.04. The summed E-state index contributed by atoms with van der Waals surface area (Å²) in [6.45, 7) is 2.51. The van der Waals surface area contributed by atoms with Gasteiger partial charge in [0.05, 0.1) is 19.4 Å². The molecule has 0 heterocycles. The zero-order valence-electron chi connectivity index (χ0n) is 7.70. The maximum Gasteiger partial charge on any atom is 0.332 e. The van der Waals surface area contributed by atoms with Crippen molar-refractivity contribution in [2.24, 2.45) is 0 Å². The maximum atomic E-state index is 10.8. The molecule has 0 aliphatic rings. The number of ether oxygens (including phenoxy) is 2. The first kappa shape index (κ1) is 11.6. The minimum Gasteiger partial charge on any atom is -0.466 e. The minimum atomic E-state index is -0.524. The van der Waals surface area contributed by atoms with Gasteiger partial charge in [0, 0.05) is 12.7 Å². The molecule has 0 aliphatic carbocycles. The molecule has 0 bridgehead atoms. The van der Waals surface area contributed by atoms with E-state index in [9.17, 15) is 9.59 Å². The third-order valence-corrected chi connectivity index (χ3v) is 1.20. The number of hydrogen-bond acceptors (Lipinski definition) is 4. The number of nitrogens with one attached hydrogen (secondary N) is 1. The molecule has 0 aliphatic heterocycles. The zero-order chi connectivity index (χ0) is 10.1. The van der Waals surface area contributed by atoms with Crippen LogP contribution in [0.1, 0.15) is 6.92 Å². The predicted molar refractivity (Wildman–Crippen MR) is 45.8 cm³/mol. The fourth-order valence-corrected chi connectivity index (χ4v) is 0.614. The lowest BCUT2D eigenvalue weighted by Crippen LogP contribution is -2.17. The summed E-state index contributed by atoms with van der Waals surface area (Å²) in [5.41, 5.74) is 0.378. The molecule has 0 saturated carbocycles. The SMILES string of the molecule is CCOC/C(=C\C(=O)OC)NC=O. The van der Waals surface area contributed by atoms with Crippen LogP contribution in [0.3, 0.4) is 0 Å². The Morgan fingerprint density at radius 1 is 1.54 bits per heavy atom. The molecule has 0 rings (SSSR count). The Labute approximate surface area is 76.7 Å². The number of esters is 1. The second-order valence-corrected chi connectivity index (χ2v) is 2.09. The summed E-state index contributed by atoms with van der Waals surface area (Å²) < 4.78 is 9.38. The van der Waals surface area contributed by atoms with Gasteiger partial charge in [-0.1, -0.05) is 0 Å². The van der Waals surface area contributed by atoms with Crippen LogP contribution in [0.4, 0.5) is 0 Å². The fraction of sp³-hybridized carbons (Fsp3) is 0.500. The molecule has 0 aromatic rings. The van der Waals surface area contributed by atoms with Crippen LogP contribution < -0.4 is 5.32 Å². The van der Waals surface area contributed by atoms with Crippen molar-refractivity contribution in [2.75, 3.05) is 20.3 Å². The molecule has 0 spiro atoms. The lowest BCUT2D eigenvalue weighted by atomic mass is 10.4. The van der Waals surface area contributed by atoms with Gasteiger partial charge in [-0.15, -0.1) is 0 Å². The quantitative estimate of drug-likeness (QED) is 0.356. The second kappa shape index (κ2) is 7.30. The fourth-order valence-electron chi connectivity index (χ4n) is 0.614. The molecule has 1 N–H and O–H groups in total. The Balaban J connectivity index is 4.12. The topological polar surface area (TPSA) is 64.6 Å². The van der Waals surface area contributed by atoms with Crippen molar-refractivity contribution in [1.82, 2.24) is 5.32 Å². The first-order valence-corrected chi connectivity index (χ1v) is 3.81. The molecule has 13 heavy (non-hydrogen) atoms. The predicted octanol–water partition coefficient (Wildman–Crippen LogP) is -0.174. The molecule has 5 nitrogen and oxygen atoms in total. The monoisotopic (exact) mass is 187 g/mol. The van der Waals surface area contributed by atoms with E-state index in [-0.39, 0.29) is 6.61 Å². The van der Waals surface area contributed by atoms with Crippen molar-refractivity contribution < 1.29 is 19.1 Å². The van der Waals surface area contributed by atoms with Crippen LogP contribution in [-0.4, -0.2) is 32.7 Å². The number of hydrogen-bond donors (Lipinski definition) is 1. The van der Waals surface area contributed by atoms with Gasteiger partial charge in [0.25, 0.3) is 0 Å². The summed E-state index contributed by atoms with van der Waals surface area (Å²) >= 11 is 0. The molecule has 0 aromatic carbocycles. The first-order valence-electron chi connectivity index (χ1n) is 3.81. The molecule has 0 atom stereocenters. The van der Waals surface area contributed by atoms with E-state index in [1.54, 1.807) is 0 Å². The van der Waals surface area contributed by atoms with Crippen LogP contribution in [-0.2, 0) is 19.1 Å². The highest BCUT2D eigenvalue weighted by Gasteiger charge is 2.00. The van der Waals surface area contributed by atoms with E-state index < -0.39 is 5.97 Å². The molecule has 5 heteroatoms. The average molecular weight is 187 g/mol. The Bertz CT molecular complexity index is 200. The van der Waals surface area contributed by atoms with Crippen LogP contribution in [0.15, 0.2) is 11.8 Å². The van der Waals surface area contributed by atoms with Crippen LogP contribution in [0.5, 0.6) is 0 Å². The summed E-state index contributed by atoms with van der Waals surface area (Å²) in [5, 5.41) is 2.34. The van der Waals surface area contributed by atoms with Crippen molar-refractivity contribution in [3.8, 4) is 0 Å². The standard InChI is InChI=1S/C8H13NO4/c1-3-13-5-7(9-6-10)4-8(11)12-2/h4,6H,3,5H2,1-2H3,(H,9,10)/b7-4+. The summed E-state index contributed by atoms with van der Waals surface area (Å²) in [7, 11) is 1.26. The summed E-state index contributed by atoms with van der Waals surface area (Å²) in [6.07, 6.45) is 1.65. The van der Waals surface area contributed by atoms with Crippen molar-refractivity contribution in [3.63, 3.8) is 0 Å². The van der Waals surface area contributed by atoms with E-state index in [0.29, 0.717) is 18.7 Å². The molecule has 1 amide bonds. The highest BCUT2D eigenvalue weighted by Crippen LogP contribution is 1.91. The Kier molecular flexibility index (Phi) is 6.53. The molecule has 0 unspecified atom stereocenters. The van der Waals surface area contributed by atoms with Crippen LogP contribution in [0.25, 0.3) is 0 Å². The number of carbonyl (C=O) groups is 2. The number of carbonyl (C=O) groups excluding carboxylic acids is 2. The van der Waals surface area contributed by atoms with Gasteiger partial charge in [-0.05, 0) is 6.92 Å². The highest BCUT2D eigenvalue weighted by atomic mass is 16.5. The van der Waals surface area contributed by atoms with Gasteiger partial charge in [0.2, 0.25) is 6.41 Å². The van der Waals surface area contributed by atoms with Gasteiger partial charge < -0.3 is 14.8 Å². The van der Waals surface area contributed by atoms with Crippen molar-refractivity contribution in [1.29, 1.82) is 0 Å². The summed E-state index contributed by atoms with van der Waals surface area (Å²) in [5.74, 6) is -0.524. The Morgan fingerprint density at radius 3 is 2.69 bits per heavy atom. The number of rotatable bonds is 6. The Morgan fingerprint density at radius 2 is 2.23 bits per heavy atom. The maximum absolute atomic E-state index is 10.8. The molecular weight excluding hydrogens is 174 g/mol. The van der Waals surface area contributed by atoms with Gasteiger partial charge in [0.15, 0.2) is 0 Å². The molecule has 0 radical (unpaired) electrons. The van der Waals surface area contributed by atoms with Crippen LogP contribution in [0, 0.1) is 0 Å². The van der Waals surface area contributed by atoms with E-state index in [1.165, 1.54) is 13.2 Å². The largest absolute Gasteiger partial charge is 0.466 e. The molecule has 0 aromatic heterocycles. The van der Waals surface area contributed by atoms with Gasteiger partial charge in [-0.3, -0.25) is 4.79 Å². The molecule has 74 valence electrons. The van der Waals surface area contributed by atoms with Crippen LogP contribution in [0.2, 0.25) is 0 Å². The number of amides is 1. The van der Waals surface area contributed by atoms with Crippen molar-refractivity contribution in [3.05, 3.63) is 11.8 Å². The summed E-state index contributed by atoms with van der Waals surface area (Å²) in [4.78, 5) is 20.8. The highest BCUT2D eigenvalue weighted by molar-refractivity contribution is 5.83. The average Bonchev–Trinajstić information content (AvgIpc) is 2.14. The molecule has 0 fully saturated rings. The summed E-state index contributed by atoms with van der Waals surface area (Å²) in [6, 6.07) is 0.